The number of thiazole rings is 1. The lowest BCUT2D eigenvalue weighted by Gasteiger charge is -2.17. The van der Waals surface area contributed by atoms with E-state index in [2.05, 4.69) is 10.3 Å². The molecule has 34 heavy (non-hydrogen) atoms. The predicted octanol–water partition coefficient (Wildman–Crippen LogP) is 3.84. The zero-order valence-electron chi connectivity index (χ0n) is 17.6. The average Bonchev–Trinajstić information content (AvgIpc) is 3.43. The van der Waals surface area contributed by atoms with Crippen molar-refractivity contribution in [3.05, 3.63) is 69.4 Å². The van der Waals surface area contributed by atoms with Crippen molar-refractivity contribution in [2.45, 2.75) is 22.4 Å². The molecule has 3 aromatic rings. The van der Waals surface area contributed by atoms with Gasteiger partial charge in [0.05, 0.1) is 21.9 Å². The van der Waals surface area contributed by atoms with Crippen molar-refractivity contribution in [1.82, 2.24) is 4.98 Å². The Hall–Kier alpha value is -3.35. The van der Waals surface area contributed by atoms with E-state index >= 15 is 0 Å². The van der Waals surface area contributed by atoms with Gasteiger partial charge in [-0.1, -0.05) is 29.0 Å². The lowest BCUT2D eigenvalue weighted by Crippen LogP contribution is -2.28. The summed E-state index contributed by atoms with van der Waals surface area (Å²) in [6.07, 6.45) is 1.11. The van der Waals surface area contributed by atoms with Crippen LogP contribution in [0.15, 0.2) is 57.8 Å². The fourth-order valence-corrected chi connectivity index (χ4v) is 6.00. The first-order valence-electron chi connectivity index (χ1n) is 9.89. The number of nitrogens with one attached hydrogen (secondary N) is 1. The monoisotopic (exact) mass is 520 g/mol. The van der Waals surface area contributed by atoms with Crippen molar-refractivity contribution in [3.8, 4) is 0 Å². The largest absolute Gasteiger partial charge is 0.312 e. The smallest absolute Gasteiger partial charge is 0.269 e. The third-order valence-corrected chi connectivity index (χ3v) is 8.85. The number of halogens is 1. The Morgan fingerprint density at radius 2 is 1.97 bits per heavy atom. The third-order valence-electron chi connectivity index (χ3n) is 5.30. The van der Waals surface area contributed by atoms with Gasteiger partial charge < -0.3 is 10.2 Å². The van der Waals surface area contributed by atoms with Gasteiger partial charge in [0.2, 0.25) is 21.7 Å². The molecule has 0 aliphatic carbocycles. The molecule has 1 N–H and O–H groups in total. The summed E-state index contributed by atoms with van der Waals surface area (Å²) in [5.41, 5.74) is 1.24. The van der Waals surface area contributed by atoms with Crippen LogP contribution in [0.5, 0.6) is 0 Å². The first kappa shape index (κ1) is 23.8. The van der Waals surface area contributed by atoms with E-state index < -0.39 is 26.6 Å². The number of hydrogen-bond acceptors (Lipinski definition) is 8. The molecular weight excluding hydrogens is 504 g/mol. The van der Waals surface area contributed by atoms with Gasteiger partial charge >= 0.3 is 0 Å². The second kappa shape index (κ2) is 9.12. The molecule has 0 radical (unpaired) electrons. The number of rotatable bonds is 6. The normalized spacial score (nSPS) is 16.0. The van der Waals surface area contributed by atoms with Crippen LogP contribution < -0.4 is 10.2 Å². The van der Waals surface area contributed by atoms with Crippen molar-refractivity contribution in [1.29, 1.82) is 0 Å². The Kier molecular flexibility index (Phi) is 6.39. The molecule has 1 fully saturated rings. The quantitative estimate of drug-likeness (QED) is 0.384. The van der Waals surface area contributed by atoms with E-state index in [-0.39, 0.29) is 38.8 Å². The summed E-state index contributed by atoms with van der Waals surface area (Å²) < 4.78 is 25.5. The van der Waals surface area contributed by atoms with E-state index in [1.165, 1.54) is 4.90 Å². The minimum Gasteiger partial charge on any atom is -0.312 e. The van der Waals surface area contributed by atoms with Gasteiger partial charge in [0.1, 0.15) is 4.21 Å². The van der Waals surface area contributed by atoms with Crippen LogP contribution in [0.1, 0.15) is 12.0 Å². The Morgan fingerprint density at radius 3 is 2.62 bits per heavy atom. The number of benzene rings is 2. The van der Waals surface area contributed by atoms with Crippen LogP contribution in [0, 0.1) is 23.0 Å². The van der Waals surface area contributed by atoms with Crippen LogP contribution in [0.3, 0.4) is 0 Å². The van der Waals surface area contributed by atoms with Crippen molar-refractivity contribution >= 4 is 61.1 Å². The summed E-state index contributed by atoms with van der Waals surface area (Å²) in [4.78, 5) is 40.7. The van der Waals surface area contributed by atoms with Crippen molar-refractivity contribution in [2.75, 3.05) is 16.8 Å². The molecule has 176 valence electrons. The number of carbonyl (C=O) groups excluding carboxylic acids is 2. The van der Waals surface area contributed by atoms with Gasteiger partial charge in [-0.15, -0.1) is 0 Å². The minimum atomic E-state index is -3.97. The number of nitro groups is 1. The Balaban J connectivity index is 1.45. The maximum Gasteiger partial charge on any atom is 0.269 e. The summed E-state index contributed by atoms with van der Waals surface area (Å²) in [6, 6.07) is 9.70. The molecule has 0 saturated carbocycles. The molecular formula is C21H17ClN4O6S2. The number of amides is 2. The van der Waals surface area contributed by atoms with Crippen LogP contribution in [-0.4, -0.2) is 36.7 Å². The summed E-state index contributed by atoms with van der Waals surface area (Å²) in [5.74, 6) is -1.32. The second-order valence-electron chi connectivity index (χ2n) is 7.57. The highest BCUT2D eigenvalue weighted by Gasteiger charge is 2.36. The van der Waals surface area contributed by atoms with Crippen molar-refractivity contribution in [2.24, 2.45) is 5.92 Å². The molecule has 1 atom stereocenters. The summed E-state index contributed by atoms with van der Waals surface area (Å²) in [6.45, 7) is 2.00. The van der Waals surface area contributed by atoms with Crippen LogP contribution in [0.25, 0.3) is 0 Å². The molecule has 2 heterocycles. The van der Waals surface area contributed by atoms with Gasteiger partial charge in [0.15, 0.2) is 5.13 Å². The van der Waals surface area contributed by atoms with Crippen molar-refractivity contribution < 1.29 is 22.9 Å². The molecule has 1 aliphatic rings. The molecule has 0 bridgehead atoms. The molecule has 4 rings (SSSR count). The van der Waals surface area contributed by atoms with Crippen LogP contribution in [0.4, 0.5) is 16.5 Å². The number of nitrogens with zero attached hydrogens (tertiary/aromatic N) is 3. The Morgan fingerprint density at radius 1 is 1.26 bits per heavy atom. The van der Waals surface area contributed by atoms with E-state index in [1.54, 1.807) is 18.2 Å². The second-order valence-corrected chi connectivity index (χ2v) is 11.2. The number of nitro benzene ring substituents is 1. The van der Waals surface area contributed by atoms with E-state index in [4.69, 9.17) is 11.6 Å². The zero-order valence-corrected chi connectivity index (χ0v) is 20.0. The molecule has 2 amide bonds. The van der Waals surface area contributed by atoms with Crippen LogP contribution in [0.2, 0.25) is 5.02 Å². The summed E-state index contributed by atoms with van der Waals surface area (Å²) in [7, 11) is -3.97. The predicted molar refractivity (Wildman–Crippen MR) is 126 cm³/mol. The average molecular weight is 521 g/mol. The van der Waals surface area contributed by atoms with Gasteiger partial charge in [-0.3, -0.25) is 19.7 Å². The lowest BCUT2D eigenvalue weighted by molar-refractivity contribution is -0.384. The number of non-ortho nitro benzene ring substituents is 1. The maximum atomic E-state index is 12.8. The lowest BCUT2D eigenvalue weighted by atomic mass is 10.1. The Bertz CT molecular complexity index is 1400. The maximum absolute atomic E-state index is 12.8. The van der Waals surface area contributed by atoms with Crippen LogP contribution >= 0.6 is 22.9 Å². The number of aryl methyl sites for hydroxylation is 1. The van der Waals surface area contributed by atoms with E-state index in [0.717, 1.165) is 47.4 Å². The first-order chi connectivity index (χ1) is 16.1. The van der Waals surface area contributed by atoms with Gasteiger partial charge in [-0.25, -0.2) is 13.4 Å². The molecule has 1 unspecified atom stereocenters. The fourth-order valence-electron chi connectivity index (χ4n) is 3.39. The standard InChI is InChI=1S/C21H17ClN4O6S2/c1-12-2-3-15(9-17(12)22)25-11-13(8-18(25)27)20(28)24-21-23-10-19(33-21)34(31,32)16-6-4-14(5-7-16)26(29)30/h2-7,9-10,13H,8,11H2,1H3,(H,23,24,28). The highest BCUT2D eigenvalue weighted by Crippen LogP contribution is 2.32. The topological polar surface area (TPSA) is 140 Å². The first-order valence-corrected chi connectivity index (χ1v) is 12.6. The van der Waals surface area contributed by atoms with Gasteiger partial charge in [-0.2, -0.15) is 0 Å². The Labute approximate surface area is 203 Å². The molecule has 10 nitrogen and oxygen atoms in total. The molecule has 13 heteroatoms. The highest BCUT2D eigenvalue weighted by molar-refractivity contribution is 7.93. The van der Waals surface area contributed by atoms with E-state index in [1.807, 2.05) is 6.92 Å². The fraction of sp³-hybridized carbons (Fsp3) is 0.190. The van der Waals surface area contributed by atoms with E-state index in [9.17, 15) is 28.1 Å². The number of carbonyl (C=O) groups is 2. The van der Waals surface area contributed by atoms with E-state index in [0.29, 0.717) is 10.7 Å². The zero-order chi connectivity index (χ0) is 24.6. The number of sulfone groups is 1. The molecule has 1 aliphatic heterocycles. The molecule has 1 aromatic heterocycles. The summed E-state index contributed by atoms with van der Waals surface area (Å²) >= 11 is 6.90. The van der Waals surface area contributed by atoms with Gasteiger partial charge in [-0.05, 0) is 36.8 Å². The van der Waals surface area contributed by atoms with Gasteiger partial charge in [0, 0.05) is 35.8 Å². The minimum absolute atomic E-state index is 0.00332. The van der Waals surface area contributed by atoms with Crippen molar-refractivity contribution in [3.63, 3.8) is 0 Å². The third kappa shape index (κ3) is 4.65. The molecule has 2 aromatic carbocycles. The number of hydrogen-bond donors (Lipinski definition) is 1. The SMILES string of the molecule is Cc1ccc(N2CC(C(=O)Nc3ncc(S(=O)(=O)c4ccc([N+](=O)[O-])cc4)s3)CC2=O)cc1Cl. The molecule has 0 spiro atoms. The highest BCUT2D eigenvalue weighted by atomic mass is 35.5. The number of aromatic nitrogens is 1. The van der Waals surface area contributed by atoms with Crippen LogP contribution in [-0.2, 0) is 19.4 Å². The molecule has 1 saturated heterocycles. The summed E-state index contributed by atoms with van der Waals surface area (Å²) in [5, 5.41) is 13.9. The van der Waals surface area contributed by atoms with Gasteiger partial charge in [0.25, 0.3) is 5.69 Å². The number of anilines is 2.